The van der Waals surface area contributed by atoms with Crippen molar-refractivity contribution in [2.75, 3.05) is 13.1 Å². The molecule has 0 N–H and O–H groups in total. The number of thiophene rings is 1. The second kappa shape index (κ2) is 6.72. The van der Waals surface area contributed by atoms with Crippen LogP contribution in [0.1, 0.15) is 12.8 Å². The van der Waals surface area contributed by atoms with Crippen molar-refractivity contribution in [2.45, 2.75) is 17.1 Å². The summed E-state index contributed by atoms with van der Waals surface area (Å²) in [6, 6.07) is 6.71. The Morgan fingerprint density at radius 2 is 1.78 bits per heavy atom. The molecule has 0 aromatic carbocycles. The third kappa shape index (κ3) is 3.69. The molecule has 1 rings (SSSR count). The van der Waals surface area contributed by atoms with Gasteiger partial charge in [-0.25, -0.2) is 8.42 Å². The number of hydrogen-bond donors (Lipinski definition) is 0. The Morgan fingerprint density at radius 3 is 2.17 bits per heavy atom. The fourth-order valence-electron chi connectivity index (χ4n) is 1.27. The first-order chi connectivity index (χ1) is 8.52. The van der Waals surface area contributed by atoms with E-state index >= 15 is 0 Å². The van der Waals surface area contributed by atoms with E-state index in [0.717, 1.165) is 15.6 Å². The molecule has 1 aromatic rings. The van der Waals surface area contributed by atoms with Gasteiger partial charge in [-0.15, -0.1) is 11.3 Å². The second-order valence-corrected chi connectivity index (χ2v) is 7.16. The Morgan fingerprint density at radius 1 is 1.22 bits per heavy atom. The zero-order valence-corrected chi connectivity index (χ0v) is 11.7. The summed E-state index contributed by atoms with van der Waals surface area (Å²) in [5, 5.41) is 17.1. The monoisotopic (exact) mass is 303 g/mol. The summed E-state index contributed by atoms with van der Waals surface area (Å²) in [6.45, 7) is 0.159. The molecule has 0 saturated carbocycles. The summed E-state index contributed by atoms with van der Waals surface area (Å²) in [6.07, 6.45) is 0.174. The van der Waals surface area contributed by atoms with E-state index in [1.807, 2.05) is 12.1 Å². The average molecular weight is 304 g/mol. The van der Waals surface area contributed by atoms with Crippen LogP contribution >= 0.6 is 22.9 Å². The van der Waals surface area contributed by atoms with Crippen molar-refractivity contribution in [2.24, 2.45) is 0 Å². The highest BCUT2D eigenvalue weighted by molar-refractivity contribution is 7.91. The SMILES string of the molecule is N#CCCN(CCC#N)S(=O)(=O)c1ccc(Cl)s1. The maximum absolute atomic E-state index is 12.2. The van der Waals surface area contributed by atoms with Gasteiger partial charge in [0, 0.05) is 25.9 Å². The molecule has 0 amide bonds. The summed E-state index contributed by atoms with van der Waals surface area (Å²) in [5.74, 6) is 0. The minimum Gasteiger partial charge on any atom is -0.206 e. The van der Waals surface area contributed by atoms with Crippen LogP contribution in [-0.2, 0) is 10.0 Å². The van der Waals surface area contributed by atoms with E-state index in [0.29, 0.717) is 4.34 Å². The van der Waals surface area contributed by atoms with Crippen molar-refractivity contribution in [1.29, 1.82) is 10.5 Å². The van der Waals surface area contributed by atoms with Gasteiger partial charge in [0.25, 0.3) is 10.0 Å². The van der Waals surface area contributed by atoms with Crippen LogP contribution in [0.25, 0.3) is 0 Å². The summed E-state index contributed by atoms with van der Waals surface area (Å²) >= 11 is 6.67. The van der Waals surface area contributed by atoms with Gasteiger partial charge in [0.15, 0.2) is 0 Å². The molecule has 5 nitrogen and oxygen atoms in total. The van der Waals surface area contributed by atoms with Gasteiger partial charge in [0.1, 0.15) is 4.21 Å². The average Bonchev–Trinajstić information content (AvgIpc) is 2.76. The van der Waals surface area contributed by atoms with Crippen LogP contribution in [0.3, 0.4) is 0 Å². The van der Waals surface area contributed by atoms with Crippen LogP contribution in [0.5, 0.6) is 0 Å². The summed E-state index contributed by atoms with van der Waals surface area (Å²) in [7, 11) is -3.66. The third-order valence-electron chi connectivity index (χ3n) is 2.09. The highest BCUT2D eigenvalue weighted by atomic mass is 35.5. The Balaban J connectivity index is 2.96. The molecule has 1 aromatic heterocycles. The first-order valence-electron chi connectivity index (χ1n) is 5.01. The Kier molecular flexibility index (Phi) is 5.57. The van der Waals surface area contributed by atoms with Crippen LogP contribution in [0, 0.1) is 22.7 Å². The molecule has 0 spiro atoms. The molecule has 0 unspecified atom stereocenters. The number of rotatable bonds is 6. The van der Waals surface area contributed by atoms with Crippen molar-refractivity contribution in [3.63, 3.8) is 0 Å². The molecular weight excluding hydrogens is 294 g/mol. The molecule has 8 heteroatoms. The van der Waals surface area contributed by atoms with Crippen molar-refractivity contribution in [3.05, 3.63) is 16.5 Å². The van der Waals surface area contributed by atoms with Crippen molar-refractivity contribution in [3.8, 4) is 12.1 Å². The van der Waals surface area contributed by atoms with Gasteiger partial charge in [0.05, 0.1) is 16.5 Å². The lowest BCUT2D eigenvalue weighted by Gasteiger charge is -2.18. The van der Waals surface area contributed by atoms with Crippen LogP contribution in [-0.4, -0.2) is 25.8 Å². The normalized spacial score (nSPS) is 11.1. The van der Waals surface area contributed by atoms with Crippen LogP contribution < -0.4 is 0 Å². The molecule has 96 valence electrons. The third-order valence-corrected chi connectivity index (χ3v) is 5.69. The molecule has 18 heavy (non-hydrogen) atoms. The molecule has 1 heterocycles. The second-order valence-electron chi connectivity index (χ2n) is 3.28. The van der Waals surface area contributed by atoms with Crippen LogP contribution in [0.2, 0.25) is 4.34 Å². The standard InChI is InChI=1S/C10H10ClN3O2S2/c11-9-3-4-10(17-9)18(15,16)14(7-1-5-12)8-2-6-13/h3-4H,1-2,7-8H2. The fourth-order valence-corrected chi connectivity index (χ4v) is 4.34. The molecule has 0 aliphatic carbocycles. The van der Waals surface area contributed by atoms with Crippen LogP contribution in [0.15, 0.2) is 16.3 Å². The van der Waals surface area contributed by atoms with Crippen molar-refractivity contribution >= 4 is 33.0 Å². The molecule has 0 radical (unpaired) electrons. The minimum atomic E-state index is -3.66. The van der Waals surface area contributed by atoms with Gasteiger partial charge in [-0.05, 0) is 12.1 Å². The molecule has 0 fully saturated rings. The number of sulfonamides is 1. The van der Waals surface area contributed by atoms with E-state index in [1.54, 1.807) is 0 Å². The quantitative estimate of drug-likeness (QED) is 0.806. The van der Waals surface area contributed by atoms with E-state index in [9.17, 15) is 8.42 Å². The summed E-state index contributed by atoms with van der Waals surface area (Å²) in [4.78, 5) is 0. The Bertz CT molecular complexity index is 565. The number of nitriles is 2. The van der Waals surface area contributed by atoms with Gasteiger partial charge in [-0.1, -0.05) is 11.6 Å². The smallest absolute Gasteiger partial charge is 0.206 e. The van der Waals surface area contributed by atoms with Gasteiger partial charge in [-0.3, -0.25) is 0 Å². The van der Waals surface area contributed by atoms with E-state index in [2.05, 4.69) is 0 Å². The predicted octanol–water partition coefficient (Wildman–Crippen LogP) is 2.22. The summed E-state index contributed by atoms with van der Waals surface area (Å²) in [5.41, 5.74) is 0. The first kappa shape index (κ1) is 14.9. The highest BCUT2D eigenvalue weighted by Gasteiger charge is 2.25. The zero-order chi connectivity index (χ0) is 13.6. The largest absolute Gasteiger partial charge is 0.252 e. The van der Waals surface area contributed by atoms with E-state index in [4.69, 9.17) is 22.1 Å². The number of hydrogen-bond acceptors (Lipinski definition) is 5. The van der Waals surface area contributed by atoms with Gasteiger partial charge >= 0.3 is 0 Å². The highest BCUT2D eigenvalue weighted by Crippen LogP contribution is 2.28. The van der Waals surface area contributed by atoms with E-state index in [-0.39, 0.29) is 30.1 Å². The zero-order valence-electron chi connectivity index (χ0n) is 9.34. The first-order valence-corrected chi connectivity index (χ1v) is 7.65. The van der Waals surface area contributed by atoms with Gasteiger partial charge < -0.3 is 0 Å². The fraction of sp³-hybridized carbons (Fsp3) is 0.400. The number of nitrogens with zero attached hydrogens (tertiary/aromatic N) is 3. The lowest BCUT2D eigenvalue weighted by molar-refractivity contribution is 0.426. The lowest BCUT2D eigenvalue weighted by Crippen LogP contribution is -2.32. The van der Waals surface area contributed by atoms with E-state index in [1.165, 1.54) is 12.1 Å². The topological polar surface area (TPSA) is 85.0 Å². The Labute approximate surface area is 115 Å². The van der Waals surface area contributed by atoms with E-state index < -0.39 is 10.0 Å². The molecule has 0 bridgehead atoms. The van der Waals surface area contributed by atoms with Crippen LogP contribution in [0.4, 0.5) is 0 Å². The molecule has 0 aliphatic rings. The minimum absolute atomic E-state index is 0.0794. The predicted molar refractivity (Wildman–Crippen MR) is 68.5 cm³/mol. The van der Waals surface area contributed by atoms with Crippen molar-refractivity contribution in [1.82, 2.24) is 4.31 Å². The van der Waals surface area contributed by atoms with Gasteiger partial charge in [-0.2, -0.15) is 14.8 Å². The molecular formula is C10H10ClN3O2S2. The number of halogens is 1. The molecule has 0 atom stereocenters. The Hall–Kier alpha value is -1.12. The van der Waals surface area contributed by atoms with Gasteiger partial charge in [0.2, 0.25) is 0 Å². The lowest BCUT2D eigenvalue weighted by atomic mass is 10.4. The summed E-state index contributed by atoms with van der Waals surface area (Å²) < 4.78 is 26.1. The maximum Gasteiger partial charge on any atom is 0.252 e. The van der Waals surface area contributed by atoms with Crippen molar-refractivity contribution < 1.29 is 8.42 Å². The maximum atomic E-state index is 12.2. The molecule has 0 saturated heterocycles. The molecule has 0 aliphatic heterocycles.